The first-order chi connectivity index (χ1) is 24.0. The fourth-order valence-electron chi connectivity index (χ4n) is 5.56. The number of aryl methyl sites for hydroxylation is 2. The third-order valence-corrected chi connectivity index (χ3v) is 8.10. The fourth-order valence-corrected chi connectivity index (χ4v) is 5.56. The Labute approximate surface area is 285 Å². The zero-order chi connectivity index (χ0) is 35.8. The summed E-state index contributed by atoms with van der Waals surface area (Å²) in [5.74, 6) is -2.51. The topological polar surface area (TPSA) is 136 Å². The number of aliphatic carboxylic acids is 1. The van der Waals surface area contributed by atoms with Gasteiger partial charge in [0.1, 0.15) is 11.9 Å². The standard InChI is InChI=1S/C36H30N4O3.C2HF3O2/c1-24-7-2-3-9-29(24)27-16-17-33(43-34(32-22-38-23-39-32)19-25-12-14-26(21-37)15-13-25)28(20-27)8-6-18-40-35(41)30-10-4-5-11-31(30)36(40)42;3-2(4,5)1(6)7/h2-5,7,9-17,20,22-23,34H,6,8,18-19H2,1H3,(H,38,39);(H,6,7). The summed E-state index contributed by atoms with van der Waals surface area (Å²) < 4.78 is 38.4. The lowest BCUT2D eigenvalue weighted by atomic mass is 9.96. The number of carboxylic acids is 1. The number of nitrogens with zero attached hydrogens (tertiary/aromatic N) is 3. The average Bonchev–Trinajstić information content (AvgIpc) is 3.73. The predicted molar refractivity (Wildman–Crippen MR) is 177 cm³/mol. The van der Waals surface area contributed by atoms with E-state index in [0.717, 1.165) is 33.7 Å². The zero-order valence-corrected chi connectivity index (χ0v) is 26.8. The second kappa shape index (κ2) is 15.3. The molecule has 2 heterocycles. The summed E-state index contributed by atoms with van der Waals surface area (Å²) in [5, 5.41) is 16.3. The molecule has 1 aliphatic heterocycles. The molecule has 50 heavy (non-hydrogen) atoms. The number of hydrogen-bond acceptors (Lipinski definition) is 6. The van der Waals surface area contributed by atoms with Crippen molar-refractivity contribution in [3.8, 4) is 22.9 Å². The van der Waals surface area contributed by atoms with Gasteiger partial charge in [-0.25, -0.2) is 9.78 Å². The molecule has 4 aromatic carbocycles. The molecule has 12 heteroatoms. The van der Waals surface area contributed by atoms with Crippen molar-refractivity contribution in [2.75, 3.05) is 6.54 Å². The van der Waals surface area contributed by atoms with Gasteiger partial charge in [0.2, 0.25) is 0 Å². The number of nitrogens with one attached hydrogen (secondary N) is 1. The number of alkyl halides is 3. The number of H-pyrrole nitrogens is 1. The highest BCUT2D eigenvalue weighted by Gasteiger charge is 2.38. The number of carboxylic acid groups (broad SMARTS) is 1. The van der Waals surface area contributed by atoms with Crippen LogP contribution in [-0.2, 0) is 17.6 Å². The van der Waals surface area contributed by atoms with Gasteiger partial charge in [0.25, 0.3) is 11.8 Å². The van der Waals surface area contributed by atoms with Gasteiger partial charge in [-0.05, 0) is 84.0 Å². The van der Waals surface area contributed by atoms with Crippen LogP contribution in [0.2, 0.25) is 0 Å². The van der Waals surface area contributed by atoms with Crippen molar-refractivity contribution in [1.82, 2.24) is 14.9 Å². The Bertz CT molecular complexity index is 2000. The summed E-state index contributed by atoms with van der Waals surface area (Å²) in [5.41, 5.74) is 7.77. The highest BCUT2D eigenvalue weighted by atomic mass is 19.4. The first kappa shape index (κ1) is 35.1. The number of aromatic nitrogens is 2. The molecule has 9 nitrogen and oxygen atoms in total. The molecule has 1 atom stereocenters. The number of ether oxygens (including phenoxy) is 1. The van der Waals surface area contributed by atoms with Gasteiger partial charge < -0.3 is 14.8 Å². The summed E-state index contributed by atoms with van der Waals surface area (Å²) in [6.07, 6.45) is -0.276. The quantitative estimate of drug-likeness (QED) is 0.146. The molecule has 1 aromatic heterocycles. The fraction of sp³-hybridized carbons (Fsp3) is 0.184. The van der Waals surface area contributed by atoms with Crippen LogP contribution in [0.4, 0.5) is 13.2 Å². The minimum absolute atomic E-state index is 0.243. The van der Waals surface area contributed by atoms with E-state index in [1.54, 1.807) is 48.9 Å². The number of imide groups is 1. The third-order valence-electron chi connectivity index (χ3n) is 8.10. The molecular formula is C38H31F3N4O5. The van der Waals surface area contributed by atoms with Crippen LogP contribution in [0.3, 0.4) is 0 Å². The number of carbonyl (C=O) groups excluding carboxylic acids is 2. The van der Waals surface area contributed by atoms with Gasteiger partial charge in [-0.3, -0.25) is 14.5 Å². The van der Waals surface area contributed by atoms with Gasteiger partial charge in [0.15, 0.2) is 0 Å². The molecule has 0 bridgehead atoms. The number of amides is 2. The summed E-state index contributed by atoms with van der Waals surface area (Å²) in [6, 6.07) is 31.1. The summed E-state index contributed by atoms with van der Waals surface area (Å²) >= 11 is 0. The minimum Gasteiger partial charge on any atom is -0.484 e. The van der Waals surface area contributed by atoms with E-state index in [9.17, 15) is 28.0 Å². The van der Waals surface area contributed by atoms with Crippen LogP contribution in [0.25, 0.3) is 11.1 Å². The second-order valence-electron chi connectivity index (χ2n) is 11.5. The minimum atomic E-state index is -5.08. The highest BCUT2D eigenvalue weighted by Crippen LogP contribution is 2.33. The number of rotatable bonds is 10. The van der Waals surface area contributed by atoms with Crippen molar-refractivity contribution >= 4 is 17.8 Å². The normalized spacial score (nSPS) is 12.8. The van der Waals surface area contributed by atoms with E-state index in [2.05, 4.69) is 47.2 Å². The predicted octanol–water partition coefficient (Wildman–Crippen LogP) is 7.48. The first-order valence-corrected chi connectivity index (χ1v) is 15.5. The monoisotopic (exact) mass is 680 g/mol. The average molecular weight is 681 g/mol. The number of benzene rings is 4. The first-order valence-electron chi connectivity index (χ1n) is 15.5. The van der Waals surface area contributed by atoms with E-state index >= 15 is 0 Å². The second-order valence-corrected chi connectivity index (χ2v) is 11.5. The van der Waals surface area contributed by atoms with Gasteiger partial charge in [-0.2, -0.15) is 18.4 Å². The number of halogens is 3. The smallest absolute Gasteiger partial charge is 0.484 e. The maximum Gasteiger partial charge on any atom is 0.490 e. The molecule has 0 saturated carbocycles. The van der Waals surface area contributed by atoms with Gasteiger partial charge in [-0.15, -0.1) is 0 Å². The number of aromatic amines is 1. The maximum absolute atomic E-state index is 12.9. The summed E-state index contributed by atoms with van der Waals surface area (Å²) in [7, 11) is 0. The molecule has 0 radical (unpaired) electrons. The number of fused-ring (bicyclic) bond motifs is 1. The molecule has 254 valence electrons. The van der Waals surface area contributed by atoms with Gasteiger partial charge >= 0.3 is 12.1 Å². The number of imidazole rings is 1. The SMILES string of the molecule is Cc1ccccc1-c1ccc(OC(Cc2ccc(C#N)cc2)c2cnc[nH]2)c(CCCN2C(=O)c3ccccc3C2=O)c1.O=C(O)C(F)(F)F. The van der Waals surface area contributed by atoms with Crippen LogP contribution in [0.15, 0.2) is 104 Å². The number of carbonyl (C=O) groups is 3. The Morgan fingerprint density at radius 3 is 2.14 bits per heavy atom. The highest BCUT2D eigenvalue weighted by molar-refractivity contribution is 6.21. The Kier molecular flexibility index (Phi) is 10.8. The van der Waals surface area contributed by atoms with E-state index in [1.807, 2.05) is 30.3 Å². The Balaban J connectivity index is 0.000000630. The lowest BCUT2D eigenvalue weighted by Gasteiger charge is -2.22. The Morgan fingerprint density at radius 2 is 1.58 bits per heavy atom. The van der Waals surface area contributed by atoms with E-state index in [4.69, 9.17) is 14.6 Å². The molecule has 0 saturated heterocycles. The van der Waals surface area contributed by atoms with Crippen molar-refractivity contribution in [1.29, 1.82) is 5.26 Å². The van der Waals surface area contributed by atoms with Crippen LogP contribution in [-0.4, -0.2) is 50.5 Å². The van der Waals surface area contributed by atoms with Crippen molar-refractivity contribution < 1.29 is 37.4 Å². The van der Waals surface area contributed by atoms with E-state index in [0.29, 0.717) is 42.5 Å². The third kappa shape index (κ3) is 8.25. The molecule has 0 aliphatic carbocycles. The van der Waals surface area contributed by atoms with E-state index in [-0.39, 0.29) is 17.9 Å². The Morgan fingerprint density at radius 1 is 0.960 bits per heavy atom. The van der Waals surface area contributed by atoms with Crippen LogP contribution in [0.5, 0.6) is 5.75 Å². The van der Waals surface area contributed by atoms with Crippen LogP contribution >= 0.6 is 0 Å². The molecule has 1 aliphatic rings. The lowest BCUT2D eigenvalue weighted by Crippen LogP contribution is -2.31. The summed E-state index contributed by atoms with van der Waals surface area (Å²) in [4.78, 5) is 43.5. The Hall–Kier alpha value is -6.22. The molecular weight excluding hydrogens is 649 g/mol. The molecule has 0 fully saturated rings. The molecule has 5 aromatic rings. The van der Waals surface area contributed by atoms with Crippen molar-refractivity contribution in [3.05, 3.63) is 143 Å². The molecule has 2 N–H and O–H groups in total. The molecule has 1 unspecified atom stereocenters. The van der Waals surface area contributed by atoms with E-state index < -0.39 is 12.1 Å². The molecule has 6 rings (SSSR count). The largest absolute Gasteiger partial charge is 0.490 e. The molecule has 0 spiro atoms. The van der Waals surface area contributed by atoms with Crippen molar-refractivity contribution in [2.24, 2.45) is 0 Å². The zero-order valence-electron chi connectivity index (χ0n) is 26.8. The van der Waals surface area contributed by atoms with Crippen LogP contribution in [0, 0.1) is 18.3 Å². The van der Waals surface area contributed by atoms with Gasteiger partial charge in [0.05, 0.1) is 41.0 Å². The van der Waals surface area contributed by atoms with E-state index in [1.165, 1.54) is 10.5 Å². The van der Waals surface area contributed by atoms with Crippen molar-refractivity contribution in [3.63, 3.8) is 0 Å². The van der Waals surface area contributed by atoms with Crippen LogP contribution in [0.1, 0.15) is 61.2 Å². The number of hydrogen-bond donors (Lipinski definition) is 2. The lowest BCUT2D eigenvalue weighted by molar-refractivity contribution is -0.192. The number of nitriles is 1. The summed E-state index contributed by atoms with van der Waals surface area (Å²) in [6.45, 7) is 2.41. The van der Waals surface area contributed by atoms with Crippen LogP contribution < -0.4 is 4.74 Å². The van der Waals surface area contributed by atoms with Gasteiger partial charge in [-0.1, -0.05) is 54.6 Å². The van der Waals surface area contributed by atoms with Crippen molar-refractivity contribution in [2.45, 2.75) is 38.5 Å². The van der Waals surface area contributed by atoms with Gasteiger partial charge in [0, 0.05) is 13.0 Å². The molecule has 2 amide bonds. The maximum atomic E-state index is 12.9.